The van der Waals surface area contributed by atoms with Crippen molar-refractivity contribution in [2.45, 2.75) is 20.3 Å². The molecule has 2 rings (SSSR count). The van der Waals surface area contributed by atoms with Gasteiger partial charge >= 0.3 is 0 Å². The van der Waals surface area contributed by atoms with Crippen LogP contribution in [0.25, 0.3) is 11.5 Å². The molecule has 94 valence electrons. The van der Waals surface area contributed by atoms with Gasteiger partial charge in [-0.05, 0) is 53.6 Å². The predicted molar refractivity (Wildman–Crippen MR) is 81.5 cm³/mol. The van der Waals surface area contributed by atoms with E-state index in [1.165, 1.54) is 0 Å². The van der Waals surface area contributed by atoms with E-state index in [1.807, 2.05) is 25.3 Å². The molecule has 0 spiro atoms. The molecule has 0 saturated carbocycles. The SMILES string of the molecule is CCCNc1nc(-c2cc(C)ccn2)ncc1I. The Bertz CT molecular complexity index is 542. The van der Waals surface area contributed by atoms with Crippen LogP contribution in [0, 0.1) is 10.5 Å². The maximum atomic E-state index is 4.53. The highest BCUT2D eigenvalue weighted by Gasteiger charge is 2.07. The van der Waals surface area contributed by atoms with Crippen molar-refractivity contribution in [1.82, 2.24) is 15.0 Å². The van der Waals surface area contributed by atoms with Crippen LogP contribution in [0.5, 0.6) is 0 Å². The smallest absolute Gasteiger partial charge is 0.180 e. The van der Waals surface area contributed by atoms with Crippen molar-refractivity contribution < 1.29 is 0 Å². The maximum absolute atomic E-state index is 4.53. The summed E-state index contributed by atoms with van der Waals surface area (Å²) in [6.07, 6.45) is 4.67. The van der Waals surface area contributed by atoms with Crippen LogP contribution in [0.3, 0.4) is 0 Å². The highest BCUT2D eigenvalue weighted by molar-refractivity contribution is 14.1. The summed E-state index contributed by atoms with van der Waals surface area (Å²) in [7, 11) is 0. The second kappa shape index (κ2) is 6.08. The molecule has 1 N–H and O–H groups in total. The highest BCUT2D eigenvalue weighted by atomic mass is 127. The number of nitrogens with zero attached hydrogens (tertiary/aromatic N) is 3. The number of rotatable bonds is 4. The molecule has 0 aliphatic rings. The van der Waals surface area contributed by atoms with E-state index in [4.69, 9.17) is 0 Å². The number of hydrogen-bond donors (Lipinski definition) is 1. The maximum Gasteiger partial charge on any atom is 0.180 e. The minimum Gasteiger partial charge on any atom is -0.369 e. The largest absolute Gasteiger partial charge is 0.369 e. The monoisotopic (exact) mass is 354 g/mol. The molecule has 18 heavy (non-hydrogen) atoms. The van der Waals surface area contributed by atoms with E-state index in [2.05, 4.69) is 49.8 Å². The number of pyridine rings is 1. The molecule has 0 unspecified atom stereocenters. The van der Waals surface area contributed by atoms with Gasteiger partial charge in [0.25, 0.3) is 0 Å². The van der Waals surface area contributed by atoms with Gasteiger partial charge in [0.2, 0.25) is 0 Å². The van der Waals surface area contributed by atoms with Gasteiger partial charge in [0.15, 0.2) is 5.82 Å². The third-order valence-electron chi connectivity index (χ3n) is 2.43. The van der Waals surface area contributed by atoms with E-state index < -0.39 is 0 Å². The van der Waals surface area contributed by atoms with Crippen molar-refractivity contribution in [1.29, 1.82) is 0 Å². The quantitative estimate of drug-likeness (QED) is 0.857. The minimum absolute atomic E-state index is 0.665. The third-order valence-corrected chi connectivity index (χ3v) is 3.22. The van der Waals surface area contributed by atoms with Gasteiger partial charge in [0.05, 0.1) is 3.57 Å². The molecule has 0 atom stereocenters. The first-order chi connectivity index (χ1) is 8.70. The fourth-order valence-corrected chi connectivity index (χ4v) is 1.97. The lowest BCUT2D eigenvalue weighted by atomic mass is 10.2. The standard InChI is InChI=1S/C13H15IN4/c1-3-5-16-12-10(14)8-17-13(18-12)11-7-9(2)4-6-15-11/h4,6-8H,3,5H2,1-2H3,(H,16,17,18). The molecule has 0 fully saturated rings. The molecule has 0 radical (unpaired) electrons. The van der Waals surface area contributed by atoms with E-state index in [-0.39, 0.29) is 0 Å². The summed E-state index contributed by atoms with van der Waals surface area (Å²) in [5.41, 5.74) is 1.97. The first-order valence-corrected chi connectivity index (χ1v) is 6.98. The van der Waals surface area contributed by atoms with Gasteiger partial charge in [0, 0.05) is 18.9 Å². The Hall–Kier alpha value is -1.24. The second-order valence-corrected chi connectivity index (χ2v) is 5.20. The third kappa shape index (κ3) is 3.16. The van der Waals surface area contributed by atoms with Crippen molar-refractivity contribution in [3.63, 3.8) is 0 Å². The van der Waals surface area contributed by atoms with Gasteiger partial charge in [-0.1, -0.05) is 6.92 Å². The molecular formula is C13H15IN4. The lowest BCUT2D eigenvalue weighted by Crippen LogP contribution is -2.06. The predicted octanol–water partition coefficient (Wildman–Crippen LogP) is 3.27. The van der Waals surface area contributed by atoms with Gasteiger partial charge in [-0.3, -0.25) is 4.98 Å². The summed E-state index contributed by atoms with van der Waals surface area (Å²) in [6.45, 7) is 5.08. The molecule has 4 nitrogen and oxygen atoms in total. The van der Waals surface area contributed by atoms with E-state index in [0.717, 1.165) is 33.6 Å². The van der Waals surface area contributed by atoms with Crippen molar-refractivity contribution in [3.8, 4) is 11.5 Å². The Morgan fingerprint density at radius 3 is 2.89 bits per heavy atom. The average Bonchev–Trinajstić information content (AvgIpc) is 2.38. The van der Waals surface area contributed by atoms with Crippen LogP contribution in [0.15, 0.2) is 24.5 Å². The Kier molecular flexibility index (Phi) is 4.46. The lowest BCUT2D eigenvalue weighted by Gasteiger charge is -2.08. The normalized spacial score (nSPS) is 10.4. The van der Waals surface area contributed by atoms with Crippen molar-refractivity contribution in [2.75, 3.05) is 11.9 Å². The summed E-state index contributed by atoms with van der Waals surface area (Å²) >= 11 is 2.23. The zero-order chi connectivity index (χ0) is 13.0. The number of halogens is 1. The molecule has 2 heterocycles. The van der Waals surface area contributed by atoms with Crippen molar-refractivity contribution in [3.05, 3.63) is 33.7 Å². The zero-order valence-corrected chi connectivity index (χ0v) is 12.6. The van der Waals surface area contributed by atoms with Crippen LogP contribution < -0.4 is 5.32 Å². The Balaban J connectivity index is 2.34. The van der Waals surface area contributed by atoms with E-state index in [9.17, 15) is 0 Å². The van der Waals surface area contributed by atoms with E-state index >= 15 is 0 Å². The Morgan fingerprint density at radius 1 is 1.33 bits per heavy atom. The fourth-order valence-electron chi connectivity index (χ4n) is 1.52. The molecule has 0 bridgehead atoms. The molecule has 0 saturated heterocycles. The topological polar surface area (TPSA) is 50.7 Å². The summed E-state index contributed by atoms with van der Waals surface area (Å²) in [4.78, 5) is 13.2. The highest BCUT2D eigenvalue weighted by Crippen LogP contribution is 2.19. The molecule has 2 aromatic rings. The van der Waals surface area contributed by atoms with Gasteiger partial charge in [-0.25, -0.2) is 9.97 Å². The van der Waals surface area contributed by atoms with Crippen LogP contribution in [0.4, 0.5) is 5.82 Å². The summed E-state index contributed by atoms with van der Waals surface area (Å²) in [6, 6.07) is 3.96. The number of nitrogens with one attached hydrogen (secondary N) is 1. The molecule has 0 aliphatic heterocycles. The first-order valence-electron chi connectivity index (χ1n) is 5.90. The van der Waals surface area contributed by atoms with Crippen molar-refractivity contribution >= 4 is 28.4 Å². The molecule has 2 aromatic heterocycles. The number of hydrogen-bond acceptors (Lipinski definition) is 4. The number of anilines is 1. The van der Waals surface area contributed by atoms with Gasteiger partial charge in [0.1, 0.15) is 11.5 Å². The molecular weight excluding hydrogens is 339 g/mol. The van der Waals surface area contributed by atoms with E-state index in [1.54, 1.807) is 6.20 Å². The Morgan fingerprint density at radius 2 is 2.17 bits per heavy atom. The van der Waals surface area contributed by atoms with Gasteiger partial charge in [-0.2, -0.15) is 0 Å². The van der Waals surface area contributed by atoms with Crippen LogP contribution in [0.1, 0.15) is 18.9 Å². The summed E-state index contributed by atoms with van der Waals surface area (Å²) in [5.74, 6) is 1.54. The van der Waals surface area contributed by atoms with Crippen LogP contribution in [0.2, 0.25) is 0 Å². The van der Waals surface area contributed by atoms with Crippen LogP contribution in [-0.2, 0) is 0 Å². The fraction of sp³-hybridized carbons (Fsp3) is 0.308. The van der Waals surface area contributed by atoms with Crippen molar-refractivity contribution in [2.24, 2.45) is 0 Å². The van der Waals surface area contributed by atoms with Gasteiger partial charge in [-0.15, -0.1) is 0 Å². The molecule has 0 amide bonds. The molecule has 0 aromatic carbocycles. The molecule has 5 heteroatoms. The van der Waals surface area contributed by atoms with Gasteiger partial charge < -0.3 is 5.32 Å². The number of aryl methyl sites for hydroxylation is 1. The van der Waals surface area contributed by atoms with E-state index in [0.29, 0.717) is 5.82 Å². The number of aromatic nitrogens is 3. The summed E-state index contributed by atoms with van der Waals surface area (Å²) < 4.78 is 1.03. The van der Waals surface area contributed by atoms with Crippen LogP contribution in [-0.4, -0.2) is 21.5 Å². The minimum atomic E-state index is 0.665. The summed E-state index contributed by atoms with van der Waals surface area (Å²) in [5, 5.41) is 3.30. The molecule has 0 aliphatic carbocycles. The zero-order valence-electron chi connectivity index (χ0n) is 10.4. The first kappa shape index (κ1) is 13.2. The Labute approximate surface area is 120 Å². The lowest BCUT2D eigenvalue weighted by molar-refractivity contribution is 0.962. The van der Waals surface area contributed by atoms with Crippen LogP contribution >= 0.6 is 22.6 Å². The second-order valence-electron chi connectivity index (χ2n) is 4.04. The average molecular weight is 354 g/mol.